The van der Waals surface area contributed by atoms with E-state index in [2.05, 4.69) is 41.7 Å². The van der Waals surface area contributed by atoms with Crippen molar-refractivity contribution in [1.29, 1.82) is 0 Å². The molecule has 0 amide bonds. The van der Waals surface area contributed by atoms with Gasteiger partial charge in [-0.3, -0.25) is 0 Å². The van der Waals surface area contributed by atoms with Crippen molar-refractivity contribution >= 4 is 22.9 Å². The van der Waals surface area contributed by atoms with Crippen LogP contribution in [0, 0.1) is 5.92 Å². The second-order valence-corrected chi connectivity index (χ2v) is 6.57. The van der Waals surface area contributed by atoms with Crippen molar-refractivity contribution in [2.45, 2.75) is 18.4 Å². The number of hydrogen-bond acceptors (Lipinski definition) is 2. The molecular weight excluding hydrogens is 262 g/mol. The first kappa shape index (κ1) is 12.2. The molecule has 1 N–H and O–H groups in total. The van der Waals surface area contributed by atoms with E-state index in [-0.39, 0.29) is 0 Å². The van der Waals surface area contributed by atoms with Gasteiger partial charge in [0.15, 0.2) is 0 Å². The van der Waals surface area contributed by atoms with E-state index in [1.807, 2.05) is 13.1 Å². The summed E-state index contributed by atoms with van der Waals surface area (Å²) in [5.74, 6) is 1.40. The van der Waals surface area contributed by atoms with Crippen molar-refractivity contribution < 1.29 is 0 Å². The van der Waals surface area contributed by atoms with Crippen LogP contribution in [0.5, 0.6) is 0 Å². The molecule has 1 aliphatic rings. The molecule has 1 aliphatic carbocycles. The lowest BCUT2D eigenvalue weighted by molar-refractivity contribution is 0.526. The molecule has 3 atom stereocenters. The number of thiophene rings is 1. The number of rotatable bonds is 4. The zero-order chi connectivity index (χ0) is 12.5. The standard InChI is InChI=1S/C15H16ClNS/c1-17-15(13-7-8-14(16)18-13)12-9-11(12)10-5-3-2-4-6-10/h2-8,11-12,15,17H,9H2,1H3. The smallest absolute Gasteiger partial charge is 0.0931 e. The monoisotopic (exact) mass is 277 g/mol. The SMILES string of the molecule is CNC(c1ccc(Cl)s1)C1CC1c1ccccc1. The normalized spacial score (nSPS) is 23.9. The summed E-state index contributed by atoms with van der Waals surface area (Å²) in [5, 5.41) is 3.45. The molecule has 0 spiro atoms. The van der Waals surface area contributed by atoms with Crippen LogP contribution in [0.4, 0.5) is 0 Å². The molecule has 2 aromatic rings. The minimum atomic E-state index is 0.438. The van der Waals surface area contributed by atoms with Gasteiger partial charge in [0, 0.05) is 10.9 Å². The second kappa shape index (κ2) is 5.04. The van der Waals surface area contributed by atoms with Crippen LogP contribution in [-0.4, -0.2) is 7.05 Å². The number of nitrogens with one attached hydrogen (secondary N) is 1. The van der Waals surface area contributed by atoms with Crippen LogP contribution in [0.1, 0.15) is 28.8 Å². The average molecular weight is 278 g/mol. The fraction of sp³-hybridized carbons (Fsp3) is 0.333. The van der Waals surface area contributed by atoms with E-state index >= 15 is 0 Å². The lowest BCUT2D eigenvalue weighted by atomic mass is 10.0. The summed E-state index contributed by atoms with van der Waals surface area (Å²) in [6.07, 6.45) is 1.27. The lowest BCUT2D eigenvalue weighted by Gasteiger charge is -2.14. The molecule has 1 fully saturated rings. The number of hydrogen-bond donors (Lipinski definition) is 1. The van der Waals surface area contributed by atoms with Gasteiger partial charge < -0.3 is 5.32 Å². The molecule has 94 valence electrons. The predicted octanol–water partition coefficient (Wildman–Crippen LogP) is 4.47. The van der Waals surface area contributed by atoms with Crippen LogP contribution in [0.3, 0.4) is 0 Å². The molecule has 1 aromatic heterocycles. The predicted molar refractivity (Wildman–Crippen MR) is 78.4 cm³/mol. The fourth-order valence-electron chi connectivity index (χ4n) is 2.73. The summed E-state index contributed by atoms with van der Waals surface area (Å²) in [4.78, 5) is 1.35. The summed E-state index contributed by atoms with van der Waals surface area (Å²) in [7, 11) is 2.04. The first-order valence-electron chi connectivity index (χ1n) is 6.27. The third kappa shape index (κ3) is 2.33. The number of benzene rings is 1. The van der Waals surface area contributed by atoms with E-state index in [1.165, 1.54) is 16.9 Å². The molecule has 1 aromatic carbocycles. The van der Waals surface area contributed by atoms with Crippen LogP contribution in [-0.2, 0) is 0 Å². The third-order valence-electron chi connectivity index (χ3n) is 3.71. The van der Waals surface area contributed by atoms with E-state index in [1.54, 1.807) is 11.3 Å². The first-order valence-corrected chi connectivity index (χ1v) is 7.46. The Morgan fingerprint density at radius 1 is 1.22 bits per heavy atom. The molecule has 3 rings (SSSR count). The molecule has 1 heterocycles. The number of halogens is 1. The van der Waals surface area contributed by atoms with E-state index in [0.29, 0.717) is 17.9 Å². The Kier molecular flexibility index (Phi) is 3.42. The Morgan fingerprint density at radius 2 is 2.00 bits per heavy atom. The van der Waals surface area contributed by atoms with Crippen LogP contribution >= 0.6 is 22.9 Å². The van der Waals surface area contributed by atoms with E-state index < -0.39 is 0 Å². The third-order valence-corrected chi connectivity index (χ3v) is 5.02. The van der Waals surface area contributed by atoms with Gasteiger partial charge in [0.2, 0.25) is 0 Å². The molecule has 0 bridgehead atoms. The van der Waals surface area contributed by atoms with Gasteiger partial charge in [-0.05, 0) is 43.0 Å². The van der Waals surface area contributed by atoms with Gasteiger partial charge in [-0.1, -0.05) is 41.9 Å². The minimum absolute atomic E-state index is 0.438. The Hall–Kier alpha value is -0.830. The zero-order valence-corrected chi connectivity index (χ0v) is 11.8. The second-order valence-electron chi connectivity index (χ2n) is 4.82. The summed E-state index contributed by atoms with van der Waals surface area (Å²) in [6, 6.07) is 15.4. The fourth-order valence-corrected chi connectivity index (χ4v) is 3.98. The Balaban J connectivity index is 1.76. The Labute approximate surface area is 117 Å². The van der Waals surface area contributed by atoms with Crippen molar-refractivity contribution in [2.24, 2.45) is 5.92 Å². The molecule has 1 nitrogen and oxygen atoms in total. The zero-order valence-electron chi connectivity index (χ0n) is 10.3. The van der Waals surface area contributed by atoms with Gasteiger partial charge in [-0.2, -0.15) is 0 Å². The van der Waals surface area contributed by atoms with Gasteiger partial charge in [0.1, 0.15) is 0 Å². The average Bonchev–Trinajstić information content (AvgIpc) is 3.07. The minimum Gasteiger partial charge on any atom is -0.312 e. The van der Waals surface area contributed by atoms with Crippen molar-refractivity contribution in [1.82, 2.24) is 5.32 Å². The van der Waals surface area contributed by atoms with Crippen LogP contribution < -0.4 is 5.32 Å². The van der Waals surface area contributed by atoms with Gasteiger partial charge in [-0.15, -0.1) is 11.3 Å². The Morgan fingerprint density at radius 3 is 2.61 bits per heavy atom. The molecular formula is C15H16ClNS. The summed E-state index contributed by atoms with van der Waals surface area (Å²) in [6.45, 7) is 0. The maximum absolute atomic E-state index is 6.03. The van der Waals surface area contributed by atoms with Crippen molar-refractivity contribution in [3.63, 3.8) is 0 Å². The highest BCUT2D eigenvalue weighted by molar-refractivity contribution is 7.16. The van der Waals surface area contributed by atoms with Gasteiger partial charge in [-0.25, -0.2) is 0 Å². The summed E-state index contributed by atoms with van der Waals surface area (Å²) >= 11 is 7.72. The van der Waals surface area contributed by atoms with Crippen LogP contribution in [0.25, 0.3) is 0 Å². The highest BCUT2D eigenvalue weighted by Gasteiger charge is 2.44. The highest BCUT2D eigenvalue weighted by Crippen LogP contribution is 2.54. The van der Waals surface area contributed by atoms with Crippen LogP contribution in [0.15, 0.2) is 42.5 Å². The van der Waals surface area contributed by atoms with Crippen molar-refractivity contribution in [3.8, 4) is 0 Å². The van der Waals surface area contributed by atoms with Crippen molar-refractivity contribution in [3.05, 3.63) is 57.2 Å². The molecule has 18 heavy (non-hydrogen) atoms. The molecule has 0 radical (unpaired) electrons. The van der Waals surface area contributed by atoms with Crippen LogP contribution in [0.2, 0.25) is 4.34 Å². The molecule has 3 heteroatoms. The van der Waals surface area contributed by atoms with Crippen molar-refractivity contribution in [2.75, 3.05) is 7.05 Å². The van der Waals surface area contributed by atoms with Gasteiger partial charge in [0.25, 0.3) is 0 Å². The first-order chi connectivity index (χ1) is 8.79. The maximum atomic E-state index is 6.03. The summed E-state index contributed by atoms with van der Waals surface area (Å²) < 4.78 is 0.877. The van der Waals surface area contributed by atoms with E-state index in [0.717, 1.165) is 4.34 Å². The van der Waals surface area contributed by atoms with E-state index in [9.17, 15) is 0 Å². The van der Waals surface area contributed by atoms with E-state index in [4.69, 9.17) is 11.6 Å². The lowest BCUT2D eigenvalue weighted by Crippen LogP contribution is -2.17. The maximum Gasteiger partial charge on any atom is 0.0931 e. The molecule has 1 saturated carbocycles. The van der Waals surface area contributed by atoms with Gasteiger partial charge >= 0.3 is 0 Å². The Bertz CT molecular complexity index is 522. The topological polar surface area (TPSA) is 12.0 Å². The highest BCUT2D eigenvalue weighted by atomic mass is 35.5. The summed E-state index contributed by atoms with van der Waals surface area (Å²) in [5.41, 5.74) is 1.46. The molecule has 3 unspecified atom stereocenters. The molecule has 0 saturated heterocycles. The molecule has 0 aliphatic heterocycles. The largest absolute Gasteiger partial charge is 0.312 e. The quantitative estimate of drug-likeness (QED) is 0.870. The van der Waals surface area contributed by atoms with Gasteiger partial charge in [0.05, 0.1) is 4.34 Å².